The predicted molar refractivity (Wildman–Crippen MR) is 84.6 cm³/mol. The summed E-state index contributed by atoms with van der Waals surface area (Å²) in [7, 11) is 2.02. The molecular formula is C15H18N6O. The van der Waals surface area contributed by atoms with Crippen molar-refractivity contribution in [3.8, 4) is 0 Å². The zero-order valence-corrected chi connectivity index (χ0v) is 12.3. The summed E-state index contributed by atoms with van der Waals surface area (Å²) in [4.78, 5) is 16.3. The average Bonchev–Trinajstić information content (AvgIpc) is 3.13. The quantitative estimate of drug-likeness (QED) is 0.630. The molecule has 0 atom stereocenters. The molecule has 0 aliphatic heterocycles. The van der Waals surface area contributed by atoms with Gasteiger partial charge in [-0.1, -0.05) is 12.1 Å². The fraction of sp³-hybridized carbons (Fsp3) is 0.267. The number of carbonyl (C=O) groups is 1. The third kappa shape index (κ3) is 3.08. The minimum absolute atomic E-state index is 0.230. The van der Waals surface area contributed by atoms with Gasteiger partial charge in [0.05, 0.1) is 22.9 Å². The lowest BCUT2D eigenvalue weighted by molar-refractivity contribution is 0.252. The van der Waals surface area contributed by atoms with Gasteiger partial charge < -0.3 is 15.2 Å². The number of urea groups is 1. The van der Waals surface area contributed by atoms with Gasteiger partial charge in [0.15, 0.2) is 0 Å². The highest BCUT2D eigenvalue weighted by molar-refractivity contribution is 5.88. The van der Waals surface area contributed by atoms with Gasteiger partial charge in [0.25, 0.3) is 0 Å². The molecule has 22 heavy (non-hydrogen) atoms. The summed E-state index contributed by atoms with van der Waals surface area (Å²) in [5.41, 5.74) is 2.78. The summed E-state index contributed by atoms with van der Waals surface area (Å²) in [6.45, 7) is 0.590. The van der Waals surface area contributed by atoms with E-state index in [1.807, 2.05) is 25.2 Å². The van der Waals surface area contributed by atoms with E-state index in [9.17, 15) is 4.79 Å². The molecule has 3 N–H and O–H groups in total. The third-order valence-electron chi connectivity index (χ3n) is 3.50. The normalized spacial score (nSPS) is 10.8. The molecule has 0 aliphatic rings. The molecule has 0 unspecified atom stereocenters. The van der Waals surface area contributed by atoms with Crippen molar-refractivity contribution >= 4 is 22.8 Å². The van der Waals surface area contributed by atoms with Crippen LogP contribution >= 0.6 is 0 Å². The molecular weight excluding hydrogens is 280 g/mol. The van der Waals surface area contributed by atoms with Crippen molar-refractivity contribution in [3.05, 3.63) is 42.5 Å². The number of anilines is 1. The molecule has 0 saturated carbocycles. The summed E-state index contributed by atoms with van der Waals surface area (Å²) in [6, 6.07) is 7.83. The van der Waals surface area contributed by atoms with Crippen molar-refractivity contribution in [3.63, 3.8) is 0 Å². The Labute approximate surface area is 127 Å². The van der Waals surface area contributed by atoms with Crippen molar-refractivity contribution < 1.29 is 4.79 Å². The molecule has 2 amide bonds. The molecule has 1 aromatic carbocycles. The minimum atomic E-state index is -0.230. The highest BCUT2D eigenvalue weighted by Gasteiger charge is 2.07. The van der Waals surface area contributed by atoms with Crippen molar-refractivity contribution in [2.24, 2.45) is 7.05 Å². The Bertz CT molecular complexity index is 762. The van der Waals surface area contributed by atoms with Crippen molar-refractivity contribution in [1.82, 2.24) is 25.1 Å². The topological polar surface area (TPSA) is 87.6 Å². The van der Waals surface area contributed by atoms with E-state index in [1.54, 1.807) is 12.4 Å². The molecule has 0 bridgehead atoms. The van der Waals surface area contributed by atoms with Gasteiger partial charge in [-0.05, 0) is 18.6 Å². The van der Waals surface area contributed by atoms with Crippen LogP contribution in [-0.2, 0) is 13.5 Å². The maximum absolute atomic E-state index is 11.6. The zero-order valence-electron chi connectivity index (χ0n) is 12.3. The Balaban J connectivity index is 1.48. The zero-order chi connectivity index (χ0) is 15.4. The number of hydrogen-bond donors (Lipinski definition) is 3. The number of H-pyrrole nitrogens is 1. The van der Waals surface area contributed by atoms with Crippen LogP contribution < -0.4 is 10.6 Å². The van der Waals surface area contributed by atoms with Gasteiger partial charge in [-0.3, -0.25) is 5.10 Å². The monoisotopic (exact) mass is 298 g/mol. The van der Waals surface area contributed by atoms with E-state index in [1.165, 1.54) is 0 Å². The lowest BCUT2D eigenvalue weighted by atomic mass is 10.3. The SMILES string of the molecule is Cn1c(CCCNC(=O)Nc2cn[nH]c2)nc2ccccc21. The summed E-state index contributed by atoms with van der Waals surface area (Å²) in [5, 5.41) is 11.9. The fourth-order valence-corrected chi connectivity index (χ4v) is 2.36. The van der Waals surface area contributed by atoms with Gasteiger partial charge in [-0.15, -0.1) is 0 Å². The van der Waals surface area contributed by atoms with Gasteiger partial charge in [-0.25, -0.2) is 9.78 Å². The van der Waals surface area contributed by atoms with E-state index in [2.05, 4.69) is 36.4 Å². The number of para-hydroxylation sites is 2. The number of rotatable bonds is 5. The van der Waals surface area contributed by atoms with Crippen LogP contribution in [0.15, 0.2) is 36.7 Å². The van der Waals surface area contributed by atoms with E-state index < -0.39 is 0 Å². The van der Waals surface area contributed by atoms with Gasteiger partial charge >= 0.3 is 6.03 Å². The summed E-state index contributed by atoms with van der Waals surface area (Å²) >= 11 is 0. The van der Waals surface area contributed by atoms with Gasteiger partial charge in [-0.2, -0.15) is 5.10 Å². The van der Waals surface area contributed by atoms with Crippen molar-refractivity contribution in [2.75, 3.05) is 11.9 Å². The van der Waals surface area contributed by atoms with Gasteiger partial charge in [0.1, 0.15) is 5.82 Å². The van der Waals surface area contributed by atoms with Crippen LogP contribution in [0, 0.1) is 0 Å². The molecule has 0 fully saturated rings. The number of aromatic nitrogens is 4. The Kier molecular flexibility index (Phi) is 4.04. The molecule has 2 aromatic heterocycles. The number of nitrogens with one attached hydrogen (secondary N) is 3. The molecule has 0 aliphatic carbocycles. The molecule has 0 spiro atoms. The molecule has 7 nitrogen and oxygen atoms in total. The Hall–Kier alpha value is -2.83. The van der Waals surface area contributed by atoms with Crippen LogP contribution in [-0.4, -0.2) is 32.3 Å². The van der Waals surface area contributed by atoms with E-state index in [0.29, 0.717) is 12.2 Å². The first-order valence-electron chi connectivity index (χ1n) is 7.18. The van der Waals surface area contributed by atoms with Crippen LogP contribution in [0.5, 0.6) is 0 Å². The number of benzene rings is 1. The Morgan fingerprint density at radius 2 is 2.23 bits per heavy atom. The van der Waals surface area contributed by atoms with Crippen LogP contribution in [0.2, 0.25) is 0 Å². The molecule has 7 heteroatoms. The second-order valence-corrected chi connectivity index (χ2v) is 5.05. The van der Waals surface area contributed by atoms with E-state index in [4.69, 9.17) is 0 Å². The van der Waals surface area contributed by atoms with Gasteiger partial charge in [0.2, 0.25) is 0 Å². The lowest BCUT2D eigenvalue weighted by Crippen LogP contribution is -2.29. The molecule has 3 rings (SSSR count). The predicted octanol–water partition coefficient (Wildman–Crippen LogP) is 2.05. The number of nitrogens with zero attached hydrogens (tertiary/aromatic N) is 3. The molecule has 0 radical (unpaired) electrons. The first kappa shape index (κ1) is 14.1. The highest BCUT2D eigenvalue weighted by atomic mass is 16.2. The maximum Gasteiger partial charge on any atom is 0.319 e. The number of imidazole rings is 1. The van der Waals surface area contributed by atoms with E-state index >= 15 is 0 Å². The third-order valence-corrected chi connectivity index (χ3v) is 3.50. The number of aryl methyl sites for hydroxylation is 2. The fourth-order valence-electron chi connectivity index (χ4n) is 2.36. The summed E-state index contributed by atoms with van der Waals surface area (Å²) in [5.74, 6) is 1.03. The Morgan fingerprint density at radius 1 is 1.36 bits per heavy atom. The second-order valence-electron chi connectivity index (χ2n) is 5.05. The number of aromatic amines is 1. The van der Waals surface area contributed by atoms with Gasteiger partial charge in [0, 0.05) is 26.2 Å². The van der Waals surface area contributed by atoms with Crippen LogP contribution in [0.4, 0.5) is 10.5 Å². The molecule has 2 heterocycles. The lowest BCUT2D eigenvalue weighted by Gasteiger charge is -2.06. The van der Waals surface area contributed by atoms with Crippen LogP contribution in [0.25, 0.3) is 11.0 Å². The first-order valence-corrected chi connectivity index (χ1v) is 7.18. The number of fused-ring (bicyclic) bond motifs is 1. The second kappa shape index (κ2) is 6.30. The highest BCUT2D eigenvalue weighted by Crippen LogP contribution is 2.14. The largest absolute Gasteiger partial charge is 0.338 e. The molecule has 114 valence electrons. The standard InChI is InChI=1S/C15H18N6O/c1-21-13-6-3-2-5-12(13)20-14(21)7-4-8-16-15(22)19-11-9-17-18-10-11/h2-3,5-6,9-10H,4,7-8H2,1H3,(H,17,18)(H2,16,19,22). The number of hydrogen-bond acceptors (Lipinski definition) is 3. The number of carbonyl (C=O) groups excluding carboxylic acids is 1. The average molecular weight is 298 g/mol. The first-order chi connectivity index (χ1) is 10.7. The van der Waals surface area contributed by atoms with Crippen LogP contribution in [0.3, 0.4) is 0 Å². The Morgan fingerprint density at radius 3 is 3.00 bits per heavy atom. The molecule has 0 saturated heterocycles. The van der Waals surface area contributed by atoms with Crippen LogP contribution in [0.1, 0.15) is 12.2 Å². The maximum atomic E-state index is 11.6. The van der Waals surface area contributed by atoms with Crippen molar-refractivity contribution in [1.29, 1.82) is 0 Å². The van der Waals surface area contributed by atoms with E-state index in [-0.39, 0.29) is 6.03 Å². The summed E-state index contributed by atoms with van der Waals surface area (Å²) in [6.07, 6.45) is 4.82. The number of amides is 2. The summed E-state index contributed by atoms with van der Waals surface area (Å²) < 4.78 is 2.10. The van der Waals surface area contributed by atoms with E-state index in [0.717, 1.165) is 29.7 Å². The van der Waals surface area contributed by atoms with Crippen molar-refractivity contribution in [2.45, 2.75) is 12.8 Å². The molecule has 3 aromatic rings. The smallest absolute Gasteiger partial charge is 0.319 e. The minimum Gasteiger partial charge on any atom is -0.338 e.